The molecule has 0 radical (unpaired) electrons. The molecule has 1 aliphatic heterocycles. The van der Waals surface area contributed by atoms with E-state index >= 15 is 0 Å². The fraction of sp³-hybridized carbons (Fsp3) is 0.448. The molecule has 40 heavy (non-hydrogen) atoms. The van der Waals surface area contributed by atoms with Crippen molar-refractivity contribution in [3.63, 3.8) is 0 Å². The number of rotatable bonds is 6. The molecule has 0 spiro atoms. The van der Waals surface area contributed by atoms with Crippen molar-refractivity contribution in [2.75, 3.05) is 29.5 Å². The SMILES string of the molecule is N#CC1(NC(=O)[C@@H]2CCCC[C@H]2c2oc(-c3ccncc3F)nc2-c2ccc(N3CCS(=O)(=O)CC3)cc2)CC1. The smallest absolute Gasteiger partial charge is 0.229 e. The van der Waals surface area contributed by atoms with Crippen LogP contribution in [0.3, 0.4) is 0 Å². The molecule has 9 nitrogen and oxygen atoms in total. The third-order valence-electron chi connectivity index (χ3n) is 8.27. The van der Waals surface area contributed by atoms with E-state index in [1.165, 1.54) is 12.3 Å². The van der Waals surface area contributed by atoms with Crippen LogP contribution in [0, 0.1) is 23.1 Å². The molecule has 208 valence electrons. The first-order chi connectivity index (χ1) is 19.3. The van der Waals surface area contributed by atoms with Gasteiger partial charge in [-0.15, -0.1) is 0 Å². The zero-order chi connectivity index (χ0) is 27.9. The number of carbonyl (C=O) groups excluding carboxylic acids is 1. The fourth-order valence-electron chi connectivity index (χ4n) is 5.73. The Hall–Kier alpha value is -3.78. The van der Waals surface area contributed by atoms with Gasteiger partial charge in [0, 0.05) is 42.4 Å². The van der Waals surface area contributed by atoms with Crippen molar-refractivity contribution in [3.8, 4) is 28.8 Å². The standard InChI is InChI=1S/C29H30FN5O4S/c30-24-17-32-12-9-23(24)28-33-25(19-5-7-20(8-6-19)35-13-15-40(37,38)16-14-35)26(39-28)21-3-1-2-4-22(21)27(36)34-29(18-31)10-11-29/h5-9,12,17,21-22H,1-4,10-11,13-16H2,(H,34,36)/t21-,22-/m1/s1. The Bertz CT molecular complexity index is 1560. The van der Waals surface area contributed by atoms with Crippen molar-refractivity contribution in [1.82, 2.24) is 15.3 Å². The van der Waals surface area contributed by atoms with Gasteiger partial charge in [-0.1, -0.05) is 25.0 Å². The lowest BCUT2D eigenvalue weighted by Gasteiger charge is -2.30. The predicted octanol–water partition coefficient (Wildman–Crippen LogP) is 4.22. The van der Waals surface area contributed by atoms with Gasteiger partial charge >= 0.3 is 0 Å². The number of nitriles is 1. The molecule has 3 aromatic rings. The average Bonchev–Trinajstić information content (AvgIpc) is 3.60. The van der Waals surface area contributed by atoms with E-state index in [9.17, 15) is 22.9 Å². The number of anilines is 1. The Morgan fingerprint density at radius 1 is 1.12 bits per heavy atom. The first-order valence-corrected chi connectivity index (χ1v) is 15.5. The lowest BCUT2D eigenvalue weighted by Crippen LogP contribution is -2.42. The summed E-state index contributed by atoms with van der Waals surface area (Å²) in [5.74, 6) is -0.478. The van der Waals surface area contributed by atoms with Crippen LogP contribution < -0.4 is 10.2 Å². The Kier molecular flexibility index (Phi) is 6.82. The van der Waals surface area contributed by atoms with Crippen molar-refractivity contribution in [1.29, 1.82) is 5.26 Å². The number of benzene rings is 1. The van der Waals surface area contributed by atoms with Crippen LogP contribution in [-0.2, 0) is 14.6 Å². The second kappa shape index (κ2) is 10.3. The number of amides is 1. The summed E-state index contributed by atoms with van der Waals surface area (Å²) < 4.78 is 44.7. The van der Waals surface area contributed by atoms with E-state index in [0.717, 1.165) is 30.3 Å². The van der Waals surface area contributed by atoms with E-state index in [1.54, 1.807) is 0 Å². The maximum absolute atomic E-state index is 14.7. The lowest BCUT2D eigenvalue weighted by molar-refractivity contribution is -0.127. The molecule has 2 saturated carbocycles. The number of halogens is 1. The fourth-order valence-corrected chi connectivity index (χ4v) is 6.93. The van der Waals surface area contributed by atoms with Crippen LogP contribution in [0.2, 0.25) is 0 Å². The summed E-state index contributed by atoms with van der Waals surface area (Å²) in [5.41, 5.74) is 1.63. The third kappa shape index (κ3) is 5.20. The molecular formula is C29H30FN5O4S. The molecule has 0 unspecified atom stereocenters. The molecule has 6 rings (SSSR count). The number of sulfone groups is 1. The van der Waals surface area contributed by atoms with Crippen molar-refractivity contribution < 1.29 is 22.0 Å². The zero-order valence-corrected chi connectivity index (χ0v) is 22.8. The van der Waals surface area contributed by atoms with Gasteiger partial charge in [-0.25, -0.2) is 17.8 Å². The summed E-state index contributed by atoms with van der Waals surface area (Å²) in [6, 6.07) is 11.4. The minimum absolute atomic E-state index is 0.121. The second-order valence-corrected chi connectivity index (χ2v) is 13.3. The van der Waals surface area contributed by atoms with Crippen molar-refractivity contribution >= 4 is 21.4 Å². The number of aromatic nitrogens is 2. The molecule has 1 saturated heterocycles. The summed E-state index contributed by atoms with van der Waals surface area (Å²) in [6.07, 6.45) is 7.06. The third-order valence-corrected chi connectivity index (χ3v) is 9.88. The molecule has 1 amide bonds. The maximum Gasteiger partial charge on any atom is 0.229 e. The summed E-state index contributed by atoms with van der Waals surface area (Å²) in [4.78, 5) is 24.0. The monoisotopic (exact) mass is 563 g/mol. The Morgan fingerprint density at radius 2 is 1.85 bits per heavy atom. The number of nitrogens with zero attached hydrogens (tertiary/aromatic N) is 4. The number of pyridine rings is 1. The minimum Gasteiger partial charge on any atom is -0.440 e. The molecule has 3 aliphatic rings. The summed E-state index contributed by atoms with van der Waals surface area (Å²) in [5, 5.41) is 12.5. The van der Waals surface area contributed by atoms with E-state index in [0.29, 0.717) is 50.2 Å². The summed E-state index contributed by atoms with van der Waals surface area (Å²) in [7, 11) is -2.99. The highest BCUT2D eigenvalue weighted by Gasteiger charge is 2.47. The van der Waals surface area contributed by atoms with Crippen LogP contribution in [-0.4, -0.2) is 54.4 Å². The van der Waals surface area contributed by atoms with Gasteiger partial charge in [0.25, 0.3) is 0 Å². The van der Waals surface area contributed by atoms with Crippen LogP contribution >= 0.6 is 0 Å². The molecule has 0 bridgehead atoms. The molecule has 11 heteroatoms. The van der Waals surface area contributed by atoms with Gasteiger partial charge in [0.15, 0.2) is 15.7 Å². The van der Waals surface area contributed by atoms with Gasteiger partial charge in [0.1, 0.15) is 17.0 Å². The molecule has 3 heterocycles. The van der Waals surface area contributed by atoms with Gasteiger partial charge in [-0.3, -0.25) is 9.78 Å². The molecule has 1 aromatic carbocycles. The highest BCUT2D eigenvalue weighted by Crippen LogP contribution is 2.45. The zero-order valence-electron chi connectivity index (χ0n) is 22.0. The van der Waals surface area contributed by atoms with E-state index < -0.39 is 27.1 Å². The quantitative estimate of drug-likeness (QED) is 0.472. The Labute approximate surface area is 232 Å². The maximum atomic E-state index is 14.7. The van der Waals surface area contributed by atoms with Crippen LogP contribution in [0.15, 0.2) is 47.1 Å². The second-order valence-electron chi connectivity index (χ2n) is 11.0. The van der Waals surface area contributed by atoms with E-state index in [1.807, 2.05) is 29.2 Å². The average molecular weight is 564 g/mol. The Balaban J connectivity index is 1.36. The van der Waals surface area contributed by atoms with E-state index in [-0.39, 0.29) is 34.8 Å². The molecule has 2 aromatic heterocycles. The number of nitrogens with one attached hydrogen (secondary N) is 1. The number of carbonyl (C=O) groups is 1. The van der Waals surface area contributed by atoms with Crippen molar-refractivity contribution in [3.05, 3.63) is 54.3 Å². The van der Waals surface area contributed by atoms with Gasteiger partial charge in [0.2, 0.25) is 11.8 Å². The molecule has 2 aliphatic carbocycles. The molecule has 2 atom stereocenters. The number of hydrogen-bond acceptors (Lipinski definition) is 8. The van der Waals surface area contributed by atoms with Crippen molar-refractivity contribution in [2.24, 2.45) is 5.92 Å². The summed E-state index contributed by atoms with van der Waals surface area (Å²) in [6.45, 7) is 0.872. The first-order valence-electron chi connectivity index (χ1n) is 13.7. The van der Waals surface area contributed by atoms with Crippen LogP contribution in [0.4, 0.5) is 10.1 Å². The highest BCUT2D eigenvalue weighted by atomic mass is 32.2. The Morgan fingerprint density at radius 3 is 2.52 bits per heavy atom. The lowest BCUT2D eigenvalue weighted by atomic mass is 9.76. The van der Waals surface area contributed by atoms with Crippen LogP contribution in [0.1, 0.15) is 50.2 Å². The molecular weight excluding hydrogens is 533 g/mol. The normalized spacial score (nSPS) is 23.2. The van der Waals surface area contributed by atoms with Gasteiger partial charge in [0.05, 0.1) is 29.3 Å². The van der Waals surface area contributed by atoms with Gasteiger partial charge in [-0.05, 0) is 43.9 Å². The van der Waals surface area contributed by atoms with Gasteiger partial charge in [-0.2, -0.15) is 5.26 Å². The molecule has 3 fully saturated rings. The number of hydrogen-bond donors (Lipinski definition) is 1. The van der Waals surface area contributed by atoms with E-state index in [2.05, 4.69) is 16.4 Å². The molecule has 1 N–H and O–H groups in total. The minimum atomic E-state index is -2.99. The highest BCUT2D eigenvalue weighted by molar-refractivity contribution is 7.91. The van der Waals surface area contributed by atoms with Crippen LogP contribution in [0.5, 0.6) is 0 Å². The first kappa shape index (κ1) is 26.4. The van der Waals surface area contributed by atoms with Crippen LogP contribution in [0.25, 0.3) is 22.7 Å². The van der Waals surface area contributed by atoms with Gasteiger partial charge < -0.3 is 14.6 Å². The number of oxazole rings is 1. The van der Waals surface area contributed by atoms with Crippen molar-refractivity contribution in [2.45, 2.75) is 50.0 Å². The summed E-state index contributed by atoms with van der Waals surface area (Å²) >= 11 is 0. The predicted molar refractivity (Wildman–Crippen MR) is 146 cm³/mol. The van der Waals surface area contributed by atoms with E-state index in [4.69, 9.17) is 9.40 Å². The topological polar surface area (TPSA) is 129 Å². The largest absolute Gasteiger partial charge is 0.440 e.